The Bertz CT molecular complexity index is 419. The van der Waals surface area contributed by atoms with Gasteiger partial charge in [-0.15, -0.1) is 0 Å². The van der Waals surface area contributed by atoms with Gasteiger partial charge in [-0.05, 0) is 63.1 Å². The van der Waals surface area contributed by atoms with E-state index in [0.717, 1.165) is 12.3 Å². The molecule has 1 aliphatic carbocycles. The second-order valence-electron chi connectivity index (χ2n) is 6.52. The summed E-state index contributed by atoms with van der Waals surface area (Å²) in [4.78, 5) is 2.57. The van der Waals surface area contributed by atoms with Gasteiger partial charge in [-0.2, -0.15) is 0 Å². The van der Waals surface area contributed by atoms with Crippen LogP contribution < -0.4 is 5.73 Å². The summed E-state index contributed by atoms with van der Waals surface area (Å²) in [6, 6.07) is 10.5. The quantitative estimate of drug-likeness (QED) is 0.900. The number of hydrogen-bond acceptors (Lipinski definition) is 2. The van der Waals surface area contributed by atoms with E-state index in [9.17, 15) is 0 Å². The van der Waals surface area contributed by atoms with Crippen LogP contribution in [0.4, 0.5) is 0 Å². The third-order valence-corrected chi connectivity index (χ3v) is 4.71. The maximum Gasteiger partial charge on any atom is 0.0501 e. The van der Waals surface area contributed by atoms with Gasteiger partial charge in [0, 0.05) is 12.1 Å². The lowest BCUT2D eigenvalue weighted by atomic mass is 9.89. The second kappa shape index (κ2) is 5.26. The highest BCUT2D eigenvalue weighted by Crippen LogP contribution is 2.41. The van der Waals surface area contributed by atoms with Crippen LogP contribution in [0.5, 0.6) is 0 Å². The molecule has 0 bridgehead atoms. The zero-order valence-electron chi connectivity index (χ0n) is 12.2. The van der Waals surface area contributed by atoms with Gasteiger partial charge < -0.3 is 5.73 Å². The van der Waals surface area contributed by atoms with E-state index in [1.807, 2.05) is 0 Å². The molecular formula is C17H26N2. The molecule has 1 aromatic carbocycles. The van der Waals surface area contributed by atoms with Crippen LogP contribution in [0, 0.1) is 0 Å². The molecule has 1 aromatic rings. The number of benzene rings is 1. The maximum atomic E-state index is 6.41. The first-order valence-electron chi connectivity index (χ1n) is 7.78. The molecule has 2 nitrogen and oxygen atoms in total. The Morgan fingerprint density at radius 3 is 2.26 bits per heavy atom. The molecule has 1 aliphatic heterocycles. The summed E-state index contributed by atoms with van der Waals surface area (Å²) >= 11 is 0. The van der Waals surface area contributed by atoms with Crippen molar-refractivity contribution in [3.05, 3.63) is 35.4 Å². The fraction of sp³-hybridized carbons (Fsp3) is 0.647. The van der Waals surface area contributed by atoms with Crippen LogP contribution in [0.15, 0.2) is 24.3 Å². The van der Waals surface area contributed by atoms with Crippen molar-refractivity contribution in [2.24, 2.45) is 5.73 Å². The van der Waals surface area contributed by atoms with Crippen LogP contribution in [0.3, 0.4) is 0 Å². The van der Waals surface area contributed by atoms with Crippen molar-refractivity contribution < 1.29 is 0 Å². The van der Waals surface area contributed by atoms with E-state index in [2.05, 4.69) is 43.0 Å². The highest BCUT2D eigenvalue weighted by molar-refractivity contribution is 5.30. The molecule has 2 atom stereocenters. The van der Waals surface area contributed by atoms with Crippen LogP contribution in [0.25, 0.3) is 0 Å². The highest BCUT2D eigenvalue weighted by atomic mass is 15.2. The lowest BCUT2D eigenvalue weighted by molar-refractivity contribution is 0.0947. The predicted molar refractivity (Wildman–Crippen MR) is 80.2 cm³/mol. The molecule has 0 radical (unpaired) electrons. The molecule has 0 amide bonds. The summed E-state index contributed by atoms with van der Waals surface area (Å²) in [5.41, 5.74) is 9.33. The van der Waals surface area contributed by atoms with Gasteiger partial charge in [0.2, 0.25) is 0 Å². The summed E-state index contributed by atoms with van der Waals surface area (Å²) in [6.45, 7) is 5.74. The van der Waals surface area contributed by atoms with Crippen molar-refractivity contribution in [1.29, 1.82) is 0 Å². The van der Waals surface area contributed by atoms with Crippen LogP contribution in [0.2, 0.25) is 0 Å². The number of rotatable bonds is 3. The third kappa shape index (κ3) is 2.70. The minimum Gasteiger partial charge on any atom is -0.326 e. The van der Waals surface area contributed by atoms with Gasteiger partial charge in [-0.1, -0.05) is 24.3 Å². The molecule has 2 heteroatoms. The molecule has 2 N–H and O–H groups in total. The van der Waals surface area contributed by atoms with Crippen LogP contribution in [0.1, 0.15) is 62.6 Å². The van der Waals surface area contributed by atoms with E-state index in [4.69, 9.17) is 5.73 Å². The van der Waals surface area contributed by atoms with E-state index < -0.39 is 0 Å². The molecule has 1 heterocycles. The number of likely N-dealkylation sites (tertiary alicyclic amines) is 1. The summed E-state index contributed by atoms with van der Waals surface area (Å²) in [5, 5.41) is 0. The van der Waals surface area contributed by atoms with E-state index in [1.165, 1.54) is 36.9 Å². The molecule has 3 rings (SSSR count). The van der Waals surface area contributed by atoms with Crippen LogP contribution in [-0.2, 0) is 0 Å². The smallest absolute Gasteiger partial charge is 0.0501 e. The topological polar surface area (TPSA) is 29.3 Å². The predicted octanol–water partition coefficient (Wildman–Crippen LogP) is 3.44. The number of nitrogens with zero attached hydrogens (tertiary/aromatic N) is 1. The van der Waals surface area contributed by atoms with Crippen molar-refractivity contribution in [2.75, 3.05) is 6.54 Å². The van der Waals surface area contributed by atoms with Gasteiger partial charge in [0.15, 0.2) is 0 Å². The molecule has 2 aliphatic rings. The molecular weight excluding hydrogens is 232 g/mol. The Morgan fingerprint density at radius 2 is 1.68 bits per heavy atom. The first-order chi connectivity index (χ1) is 9.16. The Balaban J connectivity index is 1.83. The minimum atomic E-state index is 0.280. The normalized spacial score (nSPS) is 28.8. The standard InChI is InChI=1S/C17H26N2/c1-12(2)19-11-3-4-16(18)17(19)15-9-7-14(8-10-15)13-5-6-13/h7-10,12-13,16-17H,3-6,11,18H2,1-2H3. The Labute approximate surface area is 117 Å². The first kappa shape index (κ1) is 13.1. The average Bonchev–Trinajstić information content (AvgIpc) is 3.23. The van der Waals surface area contributed by atoms with E-state index >= 15 is 0 Å². The van der Waals surface area contributed by atoms with Crippen molar-refractivity contribution in [3.8, 4) is 0 Å². The summed E-state index contributed by atoms with van der Waals surface area (Å²) in [6.07, 6.45) is 5.13. The SMILES string of the molecule is CC(C)N1CCCC(N)C1c1ccc(C2CC2)cc1. The number of hydrogen-bond donors (Lipinski definition) is 1. The average molecular weight is 258 g/mol. The van der Waals surface area contributed by atoms with Gasteiger partial charge in [0.05, 0.1) is 6.04 Å². The minimum absolute atomic E-state index is 0.280. The first-order valence-corrected chi connectivity index (χ1v) is 7.78. The zero-order valence-corrected chi connectivity index (χ0v) is 12.2. The van der Waals surface area contributed by atoms with Crippen molar-refractivity contribution >= 4 is 0 Å². The molecule has 1 saturated carbocycles. The van der Waals surface area contributed by atoms with E-state index in [1.54, 1.807) is 0 Å². The third-order valence-electron chi connectivity index (χ3n) is 4.71. The molecule has 2 fully saturated rings. The summed E-state index contributed by atoms with van der Waals surface area (Å²) < 4.78 is 0. The molecule has 19 heavy (non-hydrogen) atoms. The van der Waals surface area contributed by atoms with Crippen LogP contribution >= 0.6 is 0 Å². The lowest BCUT2D eigenvalue weighted by Crippen LogP contribution is -2.48. The van der Waals surface area contributed by atoms with Crippen molar-refractivity contribution in [3.63, 3.8) is 0 Å². The molecule has 104 valence electrons. The van der Waals surface area contributed by atoms with Gasteiger partial charge in [0.25, 0.3) is 0 Å². The fourth-order valence-corrected chi connectivity index (χ4v) is 3.45. The molecule has 0 spiro atoms. The zero-order chi connectivity index (χ0) is 13.4. The van der Waals surface area contributed by atoms with Gasteiger partial charge in [0.1, 0.15) is 0 Å². The monoisotopic (exact) mass is 258 g/mol. The fourth-order valence-electron chi connectivity index (χ4n) is 3.45. The maximum absolute atomic E-state index is 6.41. The Morgan fingerprint density at radius 1 is 1.05 bits per heavy atom. The van der Waals surface area contributed by atoms with Crippen molar-refractivity contribution in [2.45, 2.75) is 63.6 Å². The summed E-state index contributed by atoms with van der Waals surface area (Å²) in [7, 11) is 0. The van der Waals surface area contributed by atoms with E-state index in [-0.39, 0.29) is 6.04 Å². The van der Waals surface area contributed by atoms with Gasteiger partial charge >= 0.3 is 0 Å². The number of nitrogens with two attached hydrogens (primary N) is 1. The Kier molecular flexibility index (Phi) is 3.64. The van der Waals surface area contributed by atoms with Gasteiger partial charge in [-0.3, -0.25) is 4.90 Å². The van der Waals surface area contributed by atoms with E-state index in [0.29, 0.717) is 12.1 Å². The highest BCUT2D eigenvalue weighted by Gasteiger charge is 2.32. The molecule has 2 unspecified atom stereocenters. The molecule has 0 aromatic heterocycles. The molecule has 1 saturated heterocycles. The second-order valence-corrected chi connectivity index (χ2v) is 6.52. The van der Waals surface area contributed by atoms with Crippen LogP contribution in [-0.4, -0.2) is 23.5 Å². The summed E-state index contributed by atoms with van der Waals surface area (Å²) in [5.74, 6) is 0.843. The number of piperidine rings is 1. The largest absolute Gasteiger partial charge is 0.326 e. The van der Waals surface area contributed by atoms with Crippen molar-refractivity contribution in [1.82, 2.24) is 4.90 Å². The lowest BCUT2D eigenvalue weighted by Gasteiger charge is -2.42. The van der Waals surface area contributed by atoms with Gasteiger partial charge in [-0.25, -0.2) is 0 Å². The Hall–Kier alpha value is -0.860.